The molecule has 0 spiro atoms. The van der Waals surface area contributed by atoms with Crippen molar-refractivity contribution in [1.82, 2.24) is 14.7 Å². The van der Waals surface area contributed by atoms with Gasteiger partial charge in [0, 0.05) is 36.8 Å². The molecular weight excluding hydrogens is 284 g/mol. The zero-order chi connectivity index (χ0) is 13.9. The topological polar surface area (TPSA) is 101 Å². The highest BCUT2D eigenvalue weighted by atomic mass is 32.2. The molecule has 2 aromatic rings. The summed E-state index contributed by atoms with van der Waals surface area (Å²) in [6, 6.07) is 1.54. The average Bonchev–Trinajstić information content (AvgIpc) is 2.98. The van der Waals surface area contributed by atoms with Crippen molar-refractivity contribution < 1.29 is 8.42 Å². The number of aryl methyl sites for hydroxylation is 1. The van der Waals surface area contributed by atoms with Gasteiger partial charge >= 0.3 is 0 Å². The Kier molecular flexibility index (Phi) is 4.35. The minimum absolute atomic E-state index is 0.211. The molecule has 4 N–H and O–H groups in total. The molecule has 0 radical (unpaired) electrons. The Hall–Kier alpha value is -1.22. The number of thiazole rings is 1. The number of nitrogens with zero attached hydrogens (tertiary/aromatic N) is 1. The monoisotopic (exact) mass is 300 g/mol. The molecule has 0 atom stereocenters. The van der Waals surface area contributed by atoms with Crippen LogP contribution in [0.5, 0.6) is 0 Å². The number of H-pyrrole nitrogens is 1. The number of nitrogens with two attached hydrogens (primary N) is 1. The minimum atomic E-state index is -3.47. The van der Waals surface area contributed by atoms with Gasteiger partial charge in [0.1, 0.15) is 0 Å². The van der Waals surface area contributed by atoms with E-state index in [1.54, 1.807) is 11.3 Å². The maximum absolute atomic E-state index is 12.0. The van der Waals surface area contributed by atoms with Gasteiger partial charge in [0.05, 0.1) is 15.6 Å². The fourth-order valence-electron chi connectivity index (χ4n) is 1.61. The Labute approximate surface area is 116 Å². The highest BCUT2D eigenvalue weighted by molar-refractivity contribution is 7.89. The van der Waals surface area contributed by atoms with E-state index in [4.69, 9.17) is 5.73 Å². The van der Waals surface area contributed by atoms with Crippen LogP contribution >= 0.6 is 11.3 Å². The smallest absolute Gasteiger partial charge is 0.242 e. The number of aromatic amines is 1. The van der Waals surface area contributed by atoms with Crippen LogP contribution in [-0.2, 0) is 23.0 Å². The molecule has 0 aliphatic carbocycles. The lowest BCUT2D eigenvalue weighted by atomic mass is 10.3. The summed E-state index contributed by atoms with van der Waals surface area (Å²) in [5.41, 5.74) is 7.03. The van der Waals surface area contributed by atoms with Gasteiger partial charge in [-0.2, -0.15) is 0 Å². The quantitative estimate of drug-likeness (QED) is 0.733. The zero-order valence-corrected chi connectivity index (χ0v) is 12.1. The lowest BCUT2D eigenvalue weighted by molar-refractivity contribution is 0.581. The molecule has 2 rings (SSSR count). The average molecular weight is 300 g/mol. The Morgan fingerprint density at radius 2 is 2.32 bits per heavy atom. The molecule has 0 bridgehead atoms. The van der Waals surface area contributed by atoms with E-state index in [9.17, 15) is 8.42 Å². The summed E-state index contributed by atoms with van der Waals surface area (Å²) in [5, 5.41) is 2.92. The van der Waals surface area contributed by atoms with E-state index in [-0.39, 0.29) is 11.4 Å². The summed E-state index contributed by atoms with van der Waals surface area (Å²) in [7, 11) is -3.47. The molecular formula is C11H16N4O2S2. The summed E-state index contributed by atoms with van der Waals surface area (Å²) in [6.45, 7) is 2.54. The van der Waals surface area contributed by atoms with Crippen LogP contribution in [0.25, 0.3) is 0 Å². The van der Waals surface area contributed by atoms with Crippen LogP contribution in [-0.4, -0.2) is 24.9 Å². The third kappa shape index (κ3) is 3.63. The van der Waals surface area contributed by atoms with Gasteiger partial charge in [0.25, 0.3) is 0 Å². The molecule has 8 heteroatoms. The Balaban J connectivity index is 1.94. The van der Waals surface area contributed by atoms with Crippen LogP contribution in [0.2, 0.25) is 0 Å². The summed E-state index contributed by atoms with van der Waals surface area (Å²) in [5.74, 6) is 0. The van der Waals surface area contributed by atoms with E-state index >= 15 is 0 Å². The molecule has 0 aromatic carbocycles. The first-order valence-corrected chi connectivity index (χ1v) is 8.15. The van der Waals surface area contributed by atoms with Gasteiger partial charge in [0.2, 0.25) is 10.0 Å². The van der Waals surface area contributed by atoms with Crippen molar-refractivity contribution in [3.8, 4) is 0 Å². The van der Waals surface area contributed by atoms with Crippen molar-refractivity contribution in [1.29, 1.82) is 0 Å². The predicted octanol–water partition coefficient (Wildman–Crippen LogP) is 0.759. The fourth-order valence-corrected chi connectivity index (χ4v) is 3.31. The first-order valence-electron chi connectivity index (χ1n) is 5.79. The largest absolute Gasteiger partial charge is 0.363 e. The van der Waals surface area contributed by atoms with Crippen LogP contribution in [0.15, 0.2) is 22.5 Å². The Bertz CT molecular complexity index is 645. The standard InChI is InChI=1S/C11H16N4O2S2/c1-8-15-9(7-18-8)2-3-14-19(16,17)11-4-10(5-12)13-6-11/h4,6-7,13-14H,2-3,5,12H2,1H3. The Morgan fingerprint density at radius 3 is 2.89 bits per heavy atom. The molecule has 0 aliphatic heterocycles. The molecule has 0 unspecified atom stereocenters. The predicted molar refractivity (Wildman–Crippen MR) is 74.4 cm³/mol. The van der Waals surface area contributed by atoms with Crippen molar-refractivity contribution in [2.75, 3.05) is 6.54 Å². The third-order valence-electron chi connectivity index (χ3n) is 2.59. The van der Waals surface area contributed by atoms with Crippen LogP contribution in [0.4, 0.5) is 0 Å². The highest BCUT2D eigenvalue weighted by Crippen LogP contribution is 2.11. The summed E-state index contributed by atoms with van der Waals surface area (Å²) in [4.78, 5) is 7.31. The first kappa shape index (κ1) is 14.2. The van der Waals surface area contributed by atoms with Gasteiger partial charge in [-0.1, -0.05) is 0 Å². The lowest BCUT2D eigenvalue weighted by Gasteiger charge is -2.03. The van der Waals surface area contributed by atoms with Gasteiger partial charge in [-0.25, -0.2) is 18.1 Å². The summed E-state index contributed by atoms with van der Waals surface area (Å²) in [6.07, 6.45) is 2.02. The van der Waals surface area contributed by atoms with Crippen LogP contribution in [0.3, 0.4) is 0 Å². The SMILES string of the molecule is Cc1nc(CCNS(=O)(=O)c2c[nH]c(CN)c2)cs1. The van der Waals surface area contributed by atoms with Crippen molar-refractivity contribution in [2.24, 2.45) is 5.73 Å². The van der Waals surface area contributed by atoms with E-state index in [2.05, 4.69) is 14.7 Å². The van der Waals surface area contributed by atoms with Crippen LogP contribution < -0.4 is 10.5 Å². The number of hydrogen-bond acceptors (Lipinski definition) is 5. The summed E-state index contributed by atoms with van der Waals surface area (Å²) < 4.78 is 26.5. The molecule has 104 valence electrons. The van der Waals surface area contributed by atoms with Crippen LogP contribution in [0, 0.1) is 6.92 Å². The fraction of sp³-hybridized carbons (Fsp3) is 0.364. The van der Waals surface area contributed by atoms with Gasteiger partial charge in [-0.05, 0) is 13.0 Å². The van der Waals surface area contributed by atoms with Crippen LogP contribution in [0.1, 0.15) is 16.4 Å². The zero-order valence-electron chi connectivity index (χ0n) is 10.5. The number of aromatic nitrogens is 2. The molecule has 0 amide bonds. The third-order valence-corrected chi connectivity index (χ3v) is 4.85. The summed E-state index contributed by atoms with van der Waals surface area (Å²) >= 11 is 1.56. The molecule has 2 aromatic heterocycles. The minimum Gasteiger partial charge on any atom is -0.363 e. The second-order valence-electron chi connectivity index (χ2n) is 4.07. The van der Waals surface area contributed by atoms with Gasteiger partial charge in [-0.3, -0.25) is 0 Å². The molecule has 2 heterocycles. The van der Waals surface area contributed by atoms with Crippen molar-refractivity contribution in [2.45, 2.75) is 24.8 Å². The van der Waals surface area contributed by atoms with Gasteiger partial charge in [0.15, 0.2) is 0 Å². The molecule has 0 aliphatic rings. The second-order valence-corrected chi connectivity index (χ2v) is 6.90. The van der Waals surface area contributed by atoms with Gasteiger partial charge in [-0.15, -0.1) is 11.3 Å². The van der Waals surface area contributed by atoms with Crippen molar-refractivity contribution in [3.05, 3.63) is 34.0 Å². The Morgan fingerprint density at radius 1 is 1.53 bits per heavy atom. The number of rotatable bonds is 6. The highest BCUT2D eigenvalue weighted by Gasteiger charge is 2.15. The first-order chi connectivity index (χ1) is 9.01. The van der Waals surface area contributed by atoms with Crippen molar-refractivity contribution >= 4 is 21.4 Å². The normalized spacial score (nSPS) is 11.9. The maximum atomic E-state index is 12.0. The van der Waals surface area contributed by atoms with Crippen molar-refractivity contribution in [3.63, 3.8) is 0 Å². The van der Waals surface area contributed by atoms with E-state index in [0.29, 0.717) is 18.7 Å². The maximum Gasteiger partial charge on any atom is 0.242 e. The molecule has 0 fully saturated rings. The number of sulfonamides is 1. The van der Waals surface area contributed by atoms with E-state index in [1.807, 2.05) is 12.3 Å². The second kappa shape index (κ2) is 5.83. The molecule has 6 nitrogen and oxygen atoms in total. The number of nitrogens with one attached hydrogen (secondary N) is 2. The van der Waals surface area contributed by atoms with E-state index in [1.165, 1.54) is 12.3 Å². The molecule has 19 heavy (non-hydrogen) atoms. The van der Waals surface area contributed by atoms with E-state index in [0.717, 1.165) is 10.7 Å². The lowest BCUT2D eigenvalue weighted by Crippen LogP contribution is -2.25. The molecule has 0 saturated carbocycles. The number of hydrogen-bond donors (Lipinski definition) is 3. The van der Waals surface area contributed by atoms with E-state index < -0.39 is 10.0 Å². The van der Waals surface area contributed by atoms with Gasteiger partial charge < -0.3 is 10.7 Å². The molecule has 0 saturated heterocycles.